The number of rotatable bonds is 5. The van der Waals surface area contributed by atoms with Crippen LogP contribution in [0.25, 0.3) is 0 Å². The first-order valence-electron chi connectivity index (χ1n) is 5.26. The lowest BCUT2D eigenvalue weighted by atomic mass is 10.0. The zero-order valence-corrected chi connectivity index (χ0v) is 11.6. The third kappa shape index (κ3) is 2.99. The zero-order valence-electron chi connectivity index (χ0n) is 10.1. The average molecular weight is 308 g/mol. The molecule has 0 radical (unpaired) electrons. The van der Waals surface area contributed by atoms with Crippen molar-refractivity contribution in [3.8, 4) is 23.0 Å². The standard InChI is InChI=1S/C11H14ClNO5S/c1-19-3-2-4(13)7(14)5-6(12)9(16)11(18)10(17)8(5)15/h4,15-18H,2-3,13H2,1H3/t4-/m0/s1. The number of aromatic hydroxyl groups is 4. The maximum Gasteiger partial charge on any atom is 0.205 e. The first kappa shape index (κ1) is 15.7. The Morgan fingerprint density at radius 3 is 2.26 bits per heavy atom. The summed E-state index contributed by atoms with van der Waals surface area (Å²) in [7, 11) is 0. The molecule has 0 aliphatic carbocycles. The van der Waals surface area contributed by atoms with E-state index in [9.17, 15) is 25.2 Å². The van der Waals surface area contributed by atoms with Gasteiger partial charge in [-0.25, -0.2) is 0 Å². The number of phenolic OH excluding ortho intramolecular Hbond substituents is 4. The van der Waals surface area contributed by atoms with Gasteiger partial charge in [-0.1, -0.05) is 11.6 Å². The summed E-state index contributed by atoms with van der Waals surface area (Å²) >= 11 is 7.18. The summed E-state index contributed by atoms with van der Waals surface area (Å²) in [6.45, 7) is 0. The van der Waals surface area contributed by atoms with Crippen molar-refractivity contribution in [1.29, 1.82) is 0 Å². The van der Waals surface area contributed by atoms with E-state index in [4.69, 9.17) is 17.3 Å². The summed E-state index contributed by atoms with van der Waals surface area (Å²) in [6.07, 6.45) is 2.19. The third-order valence-corrected chi connectivity index (χ3v) is 3.57. The number of phenols is 4. The van der Waals surface area contributed by atoms with Crippen molar-refractivity contribution in [2.75, 3.05) is 12.0 Å². The second-order valence-corrected chi connectivity index (χ2v) is 5.20. The summed E-state index contributed by atoms with van der Waals surface area (Å²) in [4.78, 5) is 12.0. The van der Waals surface area contributed by atoms with Crippen molar-refractivity contribution >= 4 is 29.1 Å². The quantitative estimate of drug-likeness (QED) is 0.316. The minimum atomic E-state index is -1.01. The highest BCUT2D eigenvalue weighted by atomic mass is 35.5. The molecule has 19 heavy (non-hydrogen) atoms. The van der Waals surface area contributed by atoms with Gasteiger partial charge in [0.2, 0.25) is 11.5 Å². The second-order valence-electron chi connectivity index (χ2n) is 3.84. The summed E-state index contributed by atoms with van der Waals surface area (Å²) in [6, 6.07) is -0.931. The topological polar surface area (TPSA) is 124 Å². The Morgan fingerprint density at radius 1 is 1.21 bits per heavy atom. The van der Waals surface area contributed by atoms with Gasteiger partial charge in [-0.2, -0.15) is 11.8 Å². The molecule has 1 aromatic rings. The molecule has 0 aromatic heterocycles. The number of halogens is 1. The van der Waals surface area contributed by atoms with Gasteiger partial charge in [-0.3, -0.25) is 4.79 Å². The first-order chi connectivity index (χ1) is 8.82. The Balaban J connectivity index is 3.24. The van der Waals surface area contributed by atoms with E-state index in [1.165, 1.54) is 11.8 Å². The fourth-order valence-corrected chi connectivity index (χ4v) is 2.22. The Labute approximate surface area is 118 Å². The van der Waals surface area contributed by atoms with Gasteiger partial charge in [0.15, 0.2) is 17.3 Å². The molecular formula is C11H14ClNO5S. The van der Waals surface area contributed by atoms with Crippen molar-refractivity contribution in [3.05, 3.63) is 10.6 Å². The number of nitrogens with two attached hydrogens (primary N) is 1. The number of carbonyl (C=O) groups is 1. The molecule has 0 spiro atoms. The Kier molecular flexibility index (Phi) is 5.16. The molecule has 1 aromatic carbocycles. The normalized spacial score (nSPS) is 12.4. The number of hydrogen-bond donors (Lipinski definition) is 5. The number of Topliss-reactive ketones (excluding diaryl/α,β-unsaturated/α-hetero) is 1. The van der Waals surface area contributed by atoms with E-state index in [0.717, 1.165) is 0 Å². The van der Waals surface area contributed by atoms with Crippen LogP contribution in [-0.4, -0.2) is 44.3 Å². The molecule has 0 saturated heterocycles. The molecular weight excluding hydrogens is 294 g/mol. The lowest BCUT2D eigenvalue weighted by Crippen LogP contribution is -2.31. The van der Waals surface area contributed by atoms with E-state index < -0.39 is 45.4 Å². The van der Waals surface area contributed by atoms with Crippen molar-refractivity contribution in [1.82, 2.24) is 0 Å². The van der Waals surface area contributed by atoms with E-state index in [-0.39, 0.29) is 0 Å². The molecule has 1 rings (SSSR count). The van der Waals surface area contributed by atoms with Crippen LogP contribution < -0.4 is 5.73 Å². The molecule has 0 amide bonds. The predicted octanol–water partition coefficient (Wildman–Crippen LogP) is 1.43. The number of hydrogen-bond acceptors (Lipinski definition) is 7. The van der Waals surface area contributed by atoms with Gasteiger partial charge in [0.25, 0.3) is 0 Å². The van der Waals surface area contributed by atoms with Crippen LogP contribution in [0.5, 0.6) is 23.0 Å². The average Bonchev–Trinajstić information content (AvgIpc) is 2.40. The van der Waals surface area contributed by atoms with Gasteiger partial charge in [0.1, 0.15) is 5.02 Å². The van der Waals surface area contributed by atoms with Gasteiger partial charge in [0.05, 0.1) is 11.6 Å². The molecule has 0 bridgehead atoms. The lowest BCUT2D eigenvalue weighted by molar-refractivity contribution is 0.0956. The van der Waals surface area contributed by atoms with Crippen molar-refractivity contribution in [3.63, 3.8) is 0 Å². The van der Waals surface area contributed by atoms with Gasteiger partial charge < -0.3 is 26.2 Å². The highest BCUT2D eigenvalue weighted by Crippen LogP contribution is 2.49. The largest absolute Gasteiger partial charge is 0.504 e. The van der Waals surface area contributed by atoms with Crippen molar-refractivity contribution in [2.45, 2.75) is 12.5 Å². The summed E-state index contributed by atoms with van der Waals surface area (Å²) in [5, 5.41) is 37.2. The molecule has 0 fully saturated rings. The van der Waals surface area contributed by atoms with Crippen molar-refractivity contribution < 1.29 is 25.2 Å². The molecule has 0 unspecified atom stereocenters. The molecule has 1 atom stereocenters. The number of carbonyl (C=O) groups excluding carboxylic acids is 1. The predicted molar refractivity (Wildman–Crippen MR) is 73.4 cm³/mol. The highest BCUT2D eigenvalue weighted by Gasteiger charge is 2.29. The van der Waals surface area contributed by atoms with Crippen molar-refractivity contribution in [2.24, 2.45) is 5.73 Å². The number of benzene rings is 1. The van der Waals surface area contributed by atoms with E-state index in [1.54, 1.807) is 0 Å². The van der Waals surface area contributed by atoms with Crippen LogP contribution >= 0.6 is 23.4 Å². The van der Waals surface area contributed by atoms with Gasteiger partial charge in [0, 0.05) is 0 Å². The van der Waals surface area contributed by atoms with Crippen LogP contribution in [0, 0.1) is 0 Å². The third-order valence-electron chi connectivity index (χ3n) is 2.55. The number of thioether (sulfide) groups is 1. The van der Waals surface area contributed by atoms with Gasteiger partial charge in [-0.15, -0.1) is 0 Å². The fourth-order valence-electron chi connectivity index (χ4n) is 1.46. The molecule has 6 nitrogen and oxygen atoms in total. The molecule has 106 valence electrons. The Bertz CT molecular complexity index is 479. The summed E-state index contributed by atoms with van der Waals surface area (Å²) in [5.74, 6) is -3.87. The first-order valence-corrected chi connectivity index (χ1v) is 7.04. The SMILES string of the molecule is CSCC[C@H](N)C(=O)c1c(O)c(O)c(O)c(O)c1Cl. The van der Waals surface area contributed by atoms with E-state index >= 15 is 0 Å². The Hall–Kier alpha value is -1.31. The molecule has 0 aliphatic rings. The number of ketones is 1. The molecule has 0 saturated carbocycles. The van der Waals surface area contributed by atoms with Gasteiger partial charge >= 0.3 is 0 Å². The van der Waals surface area contributed by atoms with Crippen LogP contribution in [-0.2, 0) is 0 Å². The maximum atomic E-state index is 12.0. The maximum absolute atomic E-state index is 12.0. The minimum absolute atomic E-state index is 0.345. The molecule has 0 heterocycles. The lowest BCUT2D eigenvalue weighted by Gasteiger charge is -2.15. The fraction of sp³-hybridized carbons (Fsp3) is 0.364. The Morgan fingerprint density at radius 2 is 1.74 bits per heavy atom. The molecule has 8 heteroatoms. The molecule has 6 N–H and O–H groups in total. The van der Waals surface area contributed by atoms with Crippen LogP contribution in [0.2, 0.25) is 5.02 Å². The van der Waals surface area contributed by atoms with E-state index in [0.29, 0.717) is 12.2 Å². The summed E-state index contributed by atoms with van der Waals surface area (Å²) < 4.78 is 0. The summed E-state index contributed by atoms with van der Waals surface area (Å²) in [5.41, 5.74) is 5.16. The highest BCUT2D eigenvalue weighted by molar-refractivity contribution is 7.98. The van der Waals surface area contributed by atoms with Gasteiger partial charge in [-0.05, 0) is 18.4 Å². The smallest absolute Gasteiger partial charge is 0.205 e. The minimum Gasteiger partial charge on any atom is -0.504 e. The monoisotopic (exact) mass is 307 g/mol. The van der Waals surface area contributed by atoms with Crippen LogP contribution in [0.4, 0.5) is 0 Å². The van der Waals surface area contributed by atoms with Crippen LogP contribution in [0.3, 0.4) is 0 Å². The van der Waals surface area contributed by atoms with Crippen LogP contribution in [0.15, 0.2) is 0 Å². The molecule has 0 aliphatic heterocycles. The second kappa shape index (κ2) is 6.23. The van der Waals surface area contributed by atoms with E-state index in [1.807, 2.05) is 6.26 Å². The van der Waals surface area contributed by atoms with Crippen LogP contribution in [0.1, 0.15) is 16.8 Å². The van der Waals surface area contributed by atoms with E-state index in [2.05, 4.69) is 0 Å². The zero-order chi connectivity index (χ0) is 14.7.